The molecule has 0 aliphatic heterocycles. The number of alkyl carbamates (subject to hydrolysis) is 1. The Balaban J connectivity index is 2.13. The van der Waals surface area contributed by atoms with Crippen LogP contribution in [0.25, 0.3) is 0 Å². The maximum atomic E-state index is 15.2. The van der Waals surface area contributed by atoms with Gasteiger partial charge in [-0.3, -0.25) is 0 Å². The first-order valence-electron chi connectivity index (χ1n) is 9.55. The van der Waals surface area contributed by atoms with Crippen molar-refractivity contribution >= 4 is 28.7 Å². The largest absolute Gasteiger partial charge is 0.444 e. The van der Waals surface area contributed by atoms with Gasteiger partial charge in [0.1, 0.15) is 11.6 Å². The van der Waals surface area contributed by atoms with Gasteiger partial charge in [-0.2, -0.15) is 8.78 Å². The molecule has 0 saturated carbocycles. The molecule has 0 radical (unpaired) electrons. The van der Waals surface area contributed by atoms with Gasteiger partial charge in [0.05, 0.1) is 6.10 Å². The summed E-state index contributed by atoms with van der Waals surface area (Å²) in [6.45, 7) is 5.15. The van der Waals surface area contributed by atoms with Gasteiger partial charge in [0.25, 0.3) is 5.92 Å². The van der Waals surface area contributed by atoms with Gasteiger partial charge in [-0.25, -0.2) is 4.79 Å². The highest BCUT2D eigenvalue weighted by Crippen LogP contribution is 2.33. The molecule has 0 aliphatic rings. The van der Waals surface area contributed by atoms with Crippen LogP contribution in [-0.2, 0) is 17.2 Å². The molecule has 8 heteroatoms. The van der Waals surface area contributed by atoms with Crippen LogP contribution in [-0.4, -0.2) is 35.5 Å². The quantitative estimate of drug-likeness (QED) is 0.441. The molecule has 2 atom stereocenters. The predicted molar refractivity (Wildman–Crippen MR) is 120 cm³/mol. The van der Waals surface area contributed by atoms with Gasteiger partial charge in [-0.05, 0) is 61.1 Å². The standard InChI is InChI=1S/C22H27F2IN2O3/c1-21(2,3)30-20(29)27-19(22(23,24)16-9-5-4-6-10-16)18(28)14-26-13-15-8-7-11-17(25)12-15/h4-12,18-19,26,28H,13-14H2,1-3H3,(H,27,29)/t18-,19+/m0/s1. The van der Waals surface area contributed by atoms with E-state index in [9.17, 15) is 9.90 Å². The summed E-state index contributed by atoms with van der Waals surface area (Å²) in [5.41, 5.74) is -0.201. The van der Waals surface area contributed by atoms with Crippen LogP contribution in [0.2, 0.25) is 0 Å². The number of nitrogens with one attached hydrogen (secondary N) is 2. The third kappa shape index (κ3) is 7.48. The Labute approximate surface area is 189 Å². The number of ether oxygens (including phenoxy) is 1. The number of halogens is 3. The molecule has 0 spiro atoms. The van der Waals surface area contributed by atoms with E-state index in [1.807, 2.05) is 24.3 Å². The second-order valence-electron chi connectivity index (χ2n) is 7.94. The Morgan fingerprint density at radius 2 is 1.80 bits per heavy atom. The van der Waals surface area contributed by atoms with Crippen LogP contribution in [0.1, 0.15) is 31.9 Å². The smallest absolute Gasteiger partial charge is 0.408 e. The second-order valence-corrected chi connectivity index (χ2v) is 9.19. The normalized spacial score (nSPS) is 14.1. The Kier molecular flexibility index (Phi) is 8.57. The van der Waals surface area contributed by atoms with Gasteiger partial charge in [-0.1, -0.05) is 42.5 Å². The van der Waals surface area contributed by atoms with Crippen molar-refractivity contribution in [3.63, 3.8) is 0 Å². The number of carbonyl (C=O) groups is 1. The lowest BCUT2D eigenvalue weighted by atomic mass is 9.96. The SMILES string of the molecule is CC(C)(C)OC(=O)N[C@H]([C@@H](O)CNCc1cccc(I)c1)C(F)(F)c1ccccc1. The van der Waals surface area contributed by atoms with Crippen LogP contribution in [0.3, 0.4) is 0 Å². The first-order chi connectivity index (χ1) is 14.0. The van der Waals surface area contributed by atoms with E-state index in [1.54, 1.807) is 26.8 Å². The Bertz CT molecular complexity index is 829. The van der Waals surface area contributed by atoms with Crippen LogP contribution in [0.15, 0.2) is 54.6 Å². The number of aliphatic hydroxyl groups excluding tert-OH is 1. The third-order valence-corrected chi connectivity index (χ3v) is 4.85. The zero-order chi connectivity index (χ0) is 22.4. The molecule has 2 aromatic rings. The topological polar surface area (TPSA) is 70.6 Å². The molecule has 0 saturated heterocycles. The van der Waals surface area contributed by atoms with E-state index in [2.05, 4.69) is 33.2 Å². The summed E-state index contributed by atoms with van der Waals surface area (Å²) in [7, 11) is 0. The van der Waals surface area contributed by atoms with Crippen molar-refractivity contribution in [2.45, 2.75) is 51.0 Å². The van der Waals surface area contributed by atoms with Crippen molar-refractivity contribution in [3.05, 3.63) is 69.3 Å². The number of carbonyl (C=O) groups excluding carboxylic acids is 1. The Morgan fingerprint density at radius 1 is 1.13 bits per heavy atom. The Morgan fingerprint density at radius 3 is 2.40 bits per heavy atom. The Hall–Kier alpha value is -1.78. The molecule has 0 bridgehead atoms. The third-order valence-electron chi connectivity index (χ3n) is 4.18. The van der Waals surface area contributed by atoms with E-state index in [-0.39, 0.29) is 12.1 Å². The fourth-order valence-electron chi connectivity index (χ4n) is 2.83. The predicted octanol–water partition coefficient (Wildman–Crippen LogP) is 4.43. The summed E-state index contributed by atoms with van der Waals surface area (Å²) < 4.78 is 36.6. The van der Waals surface area contributed by atoms with Crippen LogP contribution in [0, 0.1) is 3.57 Å². The highest BCUT2D eigenvalue weighted by atomic mass is 127. The summed E-state index contributed by atoms with van der Waals surface area (Å²) in [5.74, 6) is -3.51. The molecule has 0 aliphatic carbocycles. The summed E-state index contributed by atoms with van der Waals surface area (Å²) in [6.07, 6.45) is -2.57. The summed E-state index contributed by atoms with van der Waals surface area (Å²) in [6, 6.07) is 12.9. The van der Waals surface area contributed by atoms with Crippen molar-refractivity contribution in [1.82, 2.24) is 10.6 Å². The molecule has 30 heavy (non-hydrogen) atoms. The number of benzene rings is 2. The molecule has 0 heterocycles. The highest BCUT2D eigenvalue weighted by molar-refractivity contribution is 14.1. The van der Waals surface area contributed by atoms with E-state index < -0.39 is 29.8 Å². The van der Waals surface area contributed by atoms with Crippen LogP contribution >= 0.6 is 22.6 Å². The van der Waals surface area contributed by atoms with Crippen molar-refractivity contribution in [2.75, 3.05) is 6.54 Å². The fourth-order valence-corrected chi connectivity index (χ4v) is 3.44. The van der Waals surface area contributed by atoms with Gasteiger partial charge in [0.2, 0.25) is 0 Å². The monoisotopic (exact) mass is 532 g/mol. The minimum absolute atomic E-state index is 0.144. The van der Waals surface area contributed by atoms with Crippen LogP contribution < -0.4 is 10.6 Å². The molecular formula is C22H27F2IN2O3. The van der Waals surface area contributed by atoms with Gasteiger partial charge in [-0.15, -0.1) is 0 Å². The molecule has 0 unspecified atom stereocenters. The minimum atomic E-state index is -3.51. The van der Waals surface area contributed by atoms with Gasteiger partial charge in [0.15, 0.2) is 0 Å². The van der Waals surface area contributed by atoms with E-state index in [0.717, 1.165) is 9.13 Å². The lowest BCUT2D eigenvalue weighted by molar-refractivity contribution is -0.0848. The maximum Gasteiger partial charge on any atom is 0.408 e. The maximum absolute atomic E-state index is 15.2. The van der Waals surface area contributed by atoms with Gasteiger partial charge in [0, 0.05) is 22.2 Å². The number of rotatable bonds is 8. The highest BCUT2D eigenvalue weighted by Gasteiger charge is 2.46. The molecule has 5 nitrogen and oxygen atoms in total. The molecule has 0 fully saturated rings. The summed E-state index contributed by atoms with van der Waals surface area (Å²) >= 11 is 2.18. The van der Waals surface area contributed by atoms with Gasteiger partial charge < -0.3 is 20.5 Å². The summed E-state index contributed by atoms with van der Waals surface area (Å²) in [4.78, 5) is 12.2. The molecule has 0 aromatic heterocycles. The number of hydrogen-bond donors (Lipinski definition) is 3. The first kappa shape index (κ1) is 24.5. The van der Waals surface area contributed by atoms with Crippen LogP contribution in [0.5, 0.6) is 0 Å². The zero-order valence-electron chi connectivity index (χ0n) is 17.2. The number of alkyl halides is 2. The number of aliphatic hydroxyl groups is 1. The molecule has 164 valence electrons. The average molecular weight is 532 g/mol. The molecule has 2 aromatic carbocycles. The van der Waals surface area contributed by atoms with Gasteiger partial charge >= 0.3 is 6.09 Å². The zero-order valence-corrected chi connectivity index (χ0v) is 19.3. The second kappa shape index (κ2) is 10.5. The van der Waals surface area contributed by atoms with Crippen molar-refractivity contribution < 1.29 is 23.4 Å². The summed E-state index contributed by atoms with van der Waals surface area (Å²) in [5, 5.41) is 15.7. The molecular weight excluding hydrogens is 505 g/mol. The van der Waals surface area contributed by atoms with Crippen molar-refractivity contribution in [3.8, 4) is 0 Å². The molecule has 1 amide bonds. The molecule has 2 rings (SSSR count). The first-order valence-corrected chi connectivity index (χ1v) is 10.6. The number of amides is 1. The van der Waals surface area contributed by atoms with E-state index in [1.165, 1.54) is 24.3 Å². The minimum Gasteiger partial charge on any atom is -0.444 e. The van der Waals surface area contributed by atoms with Crippen molar-refractivity contribution in [1.29, 1.82) is 0 Å². The fraction of sp³-hybridized carbons (Fsp3) is 0.409. The van der Waals surface area contributed by atoms with E-state index >= 15 is 8.78 Å². The van der Waals surface area contributed by atoms with Crippen molar-refractivity contribution in [2.24, 2.45) is 0 Å². The number of hydrogen-bond acceptors (Lipinski definition) is 4. The lowest BCUT2D eigenvalue weighted by Gasteiger charge is -2.32. The lowest BCUT2D eigenvalue weighted by Crippen LogP contribution is -2.56. The molecule has 3 N–H and O–H groups in total. The van der Waals surface area contributed by atoms with Crippen LogP contribution in [0.4, 0.5) is 13.6 Å². The van der Waals surface area contributed by atoms with E-state index in [0.29, 0.717) is 6.54 Å². The van der Waals surface area contributed by atoms with E-state index in [4.69, 9.17) is 4.74 Å². The average Bonchev–Trinajstić information content (AvgIpc) is 2.65.